The topological polar surface area (TPSA) is 59.6 Å². The van der Waals surface area contributed by atoms with Gasteiger partial charge in [-0.3, -0.25) is 4.99 Å². The monoisotopic (exact) mass is 215 g/mol. The highest BCUT2D eigenvalue weighted by atomic mass is 16.5. The summed E-state index contributed by atoms with van der Waals surface area (Å²) in [7, 11) is 0. The van der Waals surface area contributed by atoms with Crippen molar-refractivity contribution in [3.63, 3.8) is 0 Å². The molecular formula is C11H25N3O. The molecule has 0 saturated carbocycles. The number of rotatable bonds is 7. The van der Waals surface area contributed by atoms with Crippen LogP contribution in [0.1, 0.15) is 34.1 Å². The molecule has 0 unspecified atom stereocenters. The Morgan fingerprint density at radius 1 is 1.33 bits per heavy atom. The molecule has 0 atom stereocenters. The van der Waals surface area contributed by atoms with E-state index in [4.69, 9.17) is 10.5 Å². The van der Waals surface area contributed by atoms with Gasteiger partial charge in [-0.1, -0.05) is 13.8 Å². The highest BCUT2D eigenvalue weighted by molar-refractivity contribution is 5.77. The predicted molar refractivity (Wildman–Crippen MR) is 65.0 cm³/mol. The predicted octanol–water partition coefficient (Wildman–Crippen LogP) is 1.36. The van der Waals surface area contributed by atoms with Crippen molar-refractivity contribution in [2.45, 2.75) is 40.2 Å². The van der Waals surface area contributed by atoms with Gasteiger partial charge in [0, 0.05) is 13.1 Å². The number of hydrogen-bond acceptors (Lipinski definition) is 2. The summed E-state index contributed by atoms with van der Waals surface area (Å²) in [5.41, 5.74) is 5.66. The zero-order valence-corrected chi connectivity index (χ0v) is 10.4. The summed E-state index contributed by atoms with van der Waals surface area (Å²) in [5.74, 6) is 1.19. The molecule has 0 rings (SSSR count). The van der Waals surface area contributed by atoms with Crippen LogP contribution in [0.3, 0.4) is 0 Å². The average molecular weight is 215 g/mol. The molecule has 0 saturated heterocycles. The van der Waals surface area contributed by atoms with E-state index in [-0.39, 0.29) is 6.10 Å². The van der Waals surface area contributed by atoms with Crippen LogP contribution in [0.2, 0.25) is 0 Å². The minimum Gasteiger partial charge on any atom is -0.377 e. The molecule has 0 aliphatic heterocycles. The third-order valence-electron chi connectivity index (χ3n) is 1.85. The third kappa shape index (κ3) is 11.2. The number of ether oxygens (including phenoxy) is 1. The van der Waals surface area contributed by atoms with Gasteiger partial charge >= 0.3 is 0 Å². The summed E-state index contributed by atoms with van der Waals surface area (Å²) < 4.78 is 5.36. The van der Waals surface area contributed by atoms with Gasteiger partial charge in [0.25, 0.3) is 0 Å². The number of guanidine groups is 1. The molecule has 4 nitrogen and oxygen atoms in total. The van der Waals surface area contributed by atoms with Gasteiger partial charge in [-0.05, 0) is 26.2 Å². The first-order valence-corrected chi connectivity index (χ1v) is 5.67. The molecule has 0 aromatic carbocycles. The van der Waals surface area contributed by atoms with E-state index in [2.05, 4.69) is 24.2 Å². The fourth-order valence-electron chi connectivity index (χ4n) is 0.973. The Labute approximate surface area is 93.3 Å². The molecule has 0 aromatic heterocycles. The van der Waals surface area contributed by atoms with Gasteiger partial charge in [0.05, 0.1) is 12.7 Å². The summed E-state index contributed by atoms with van der Waals surface area (Å²) >= 11 is 0. The van der Waals surface area contributed by atoms with Crippen LogP contribution < -0.4 is 11.1 Å². The Morgan fingerprint density at radius 2 is 2.00 bits per heavy atom. The lowest BCUT2D eigenvalue weighted by Gasteiger charge is -2.09. The second-order valence-corrected chi connectivity index (χ2v) is 4.30. The third-order valence-corrected chi connectivity index (χ3v) is 1.85. The van der Waals surface area contributed by atoms with E-state index in [9.17, 15) is 0 Å². The molecule has 0 aromatic rings. The maximum absolute atomic E-state index is 5.66. The van der Waals surface area contributed by atoms with Crippen LogP contribution in [0.5, 0.6) is 0 Å². The van der Waals surface area contributed by atoms with E-state index in [1.807, 2.05) is 13.8 Å². The van der Waals surface area contributed by atoms with E-state index in [0.29, 0.717) is 18.5 Å². The van der Waals surface area contributed by atoms with Gasteiger partial charge in [0.15, 0.2) is 5.96 Å². The molecule has 4 heteroatoms. The number of nitrogens with two attached hydrogens (primary N) is 1. The Morgan fingerprint density at radius 3 is 2.53 bits per heavy atom. The summed E-state index contributed by atoms with van der Waals surface area (Å²) in [6, 6.07) is 0. The second kappa shape index (κ2) is 8.53. The standard InChI is InChI=1S/C11H25N3O/c1-9(2)5-6-13-11(12)14-7-8-15-10(3)4/h9-10H,5-8H2,1-4H3,(H3,12,13,14). The van der Waals surface area contributed by atoms with Crippen molar-refractivity contribution in [3.05, 3.63) is 0 Å². The van der Waals surface area contributed by atoms with E-state index in [0.717, 1.165) is 19.5 Å². The van der Waals surface area contributed by atoms with Gasteiger partial charge < -0.3 is 15.8 Å². The molecule has 3 N–H and O–H groups in total. The summed E-state index contributed by atoms with van der Waals surface area (Å²) in [6.07, 6.45) is 1.34. The molecule has 0 aliphatic rings. The molecular weight excluding hydrogens is 190 g/mol. The second-order valence-electron chi connectivity index (χ2n) is 4.30. The first kappa shape index (κ1) is 14.2. The molecule has 0 aliphatic carbocycles. The quantitative estimate of drug-likeness (QED) is 0.383. The summed E-state index contributed by atoms with van der Waals surface area (Å²) in [6.45, 7) is 10.6. The lowest BCUT2D eigenvalue weighted by Crippen LogP contribution is -2.34. The van der Waals surface area contributed by atoms with Crippen molar-refractivity contribution in [2.24, 2.45) is 16.6 Å². The van der Waals surface area contributed by atoms with E-state index in [1.165, 1.54) is 0 Å². The molecule has 0 radical (unpaired) electrons. The zero-order valence-electron chi connectivity index (χ0n) is 10.4. The Bertz CT molecular complexity index is 179. The number of nitrogens with zero attached hydrogens (tertiary/aromatic N) is 1. The van der Waals surface area contributed by atoms with Crippen molar-refractivity contribution in [3.8, 4) is 0 Å². The minimum absolute atomic E-state index is 0.269. The van der Waals surface area contributed by atoms with Crippen LogP contribution in [-0.4, -0.2) is 31.8 Å². The van der Waals surface area contributed by atoms with Crippen molar-refractivity contribution in [2.75, 3.05) is 19.7 Å². The van der Waals surface area contributed by atoms with Crippen LogP contribution in [0.25, 0.3) is 0 Å². The Hall–Kier alpha value is -0.770. The SMILES string of the molecule is CC(C)CCN=C(N)NCCOC(C)C. The summed E-state index contributed by atoms with van der Waals surface area (Å²) in [5, 5.41) is 3.01. The summed E-state index contributed by atoms with van der Waals surface area (Å²) in [4.78, 5) is 4.21. The van der Waals surface area contributed by atoms with Gasteiger partial charge in [0.2, 0.25) is 0 Å². The molecule has 15 heavy (non-hydrogen) atoms. The first-order chi connectivity index (χ1) is 7.02. The van der Waals surface area contributed by atoms with Crippen LogP contribution in [0.15, 0.2) is 4.99 Å². The van der Waals surface area contributed by atoms with Crippen LogP contribution in [0, 0.1) is 5.92 Å². The lowest BCUT2D eigenvalue weighted by atomic mass is 10.1. The van der Waals surface area contributed by atoms with Crippen LogP contribution in [0.4, 0.5) is 0 Å². The highest BCUT2D eigenvalue weighted by Crippen LogP contribution is 1.97. The Kier molecular flexibility index (Phi) is 8.09. The van der Waals surface area contributed by atoms with Gasteiger partial charge in [-0.25, -0.2) is 0 Å². The maximum atomic E-state index is 5.66. The molecule has 0 bridgehead atoms. The van der Waals surface area contributed by atoms with Crippen molar-refractivity contribution in [1.29, 1.82) is 0 Å². The smallest absolute Gasteiger partial charge is 0.188 e. The van der Waals surface area contributed by atoms with E-state index < -0.39 is 0 Å². The fraction of sp³-hybridized carbons (Fsp3) is 0.909. The van der Waals surface area contributed by atoms with Gasteiger partial charge in [-0.2, -0.15) is 0 Å². The van der Waals surface area contributed by atoms with Crippen LogP contribution in [-0.2, 0) is 4.74 Å². The molecule has 0 spiro atoms. The van der Waals surface area contributed by atoms with Crippen molar-refractivity contribution in [1.82, 2.24) is 5.32 Å². The maximum Gasteiger partial charge on any atom is 0.188 e. The van der Waals surface area contributed by atoms with Gasteiger partial charge in [-0.15, -0.1) is 0 Å². The molecule has 0 fully saturated rings. The number of hydrogen-bond donors (Lipinski definition) is 2. The zero-order chi connectivity index (χ0) is 11.7. The number of nitrogens with one attached hydrogen (secondary N) is 1. The molecule has 0 heterocycles. The van der Waals surface area contributed by atoms with Gasteiger partial charge in [0.1, 0.15) is 0 Å². The van der Waals surface area contributed by atoms with E-state index >= 15 is 0 Å². The first-order valence-electron chi connectivity index (χ1n) is 5.67. The molecule has 90 valence electrons. The fourth-order valence-corrected chi connectivity index (χ4v) is 0.973. The number of aliphatic imine (C=N–C) groups is 1. The average Bonchev–Trinajstić information content (AvgIpc) is 2.11. The van der Waals surface area contributed by atoms with Crippen molar-refractivity contribution >= 4 is 5.96 Å². The Balaban J connectivity index is 3.42. The highest BCUT2D eigenvalue weighted by Gasteiger charge is 1.95. The van der Waals surface area contributed by atoms with E-state index in [1.54, 1.807) is 0 Å². The van der Waals surface area contributed by atoms with Crippen LogP contribution >= 0.6 is 0 Å². The van der Waals surface area contributed by atoms with Crippen molar-refractivity contribution < 1.29 is 4.74 Å². The minimum atomic E-state index is 0.269. The molecule has 0 amide bonds. The largest absolute Gasteiger partial charge is 0.377 e. The lowest BCUT2D eigenvalue weighted by molar-refractivity contribution is 0.0830. The normalized spacial score (nSPS) is 12.5.